The summed E-state index contributed by atoms with van der Waals surface area (Å²) in [6, 6.07) is 0.0843. The molecule has 0 aromatic rings. The fourth-order valence-electron chi connectivity index (χ4n) is 2.11. The van der Waals surface area contributed by atoms with E-state index < -0.39 is 0 Å². The Morgan fingerprint density at radius 3 is 2.35 bits per heavy atom. The minimum absolute atomic E-state index is 0.112. The second-order valence-electron chi connectivity index (χ2n) is 4.19. The van der Waals surface area contributed by atoms with Crippen LogP contribution >= 0.6 is 0 Å². The number of hydrogen-bond donors (Lipinski definition) is 0. The van der Waals surface area contributed by atoms with Crippen molar-refractivity contribution in [2.24, 2.45) is 0 Å². The highest BCUT2D eigenvalue weighted by atomic mass is 16.5. The van der Waals surface area contributed by atoms with Crippen LogP contribution < -0.4 is 0 Å². The van der Waals surface area contributed by atoms with Crippen LogP contribution in [0.3, 0.4) is 0 Å². The average molecular weight is 245 g/mol. The third-order valence-corrected chi connectivity index (χ3v) is 2.86. The van der Waals surface area contributed by atoms with Crippen LogP contribution in [0.5, 0.6) is 0 Å². The summed E-state index contributed by atoms with van der Waals surface area (Å²) in [6.45, 7) is 9.97. The summed E-state index contributed by atoms with van der Waals surface area (Å²) in [5.74, 6) is -0.112. The first-order chi connectivity index (χ1) is 8.12. The van der Waals surface area contributed by atoms with Gasteiger partial charge in [0.1, 0.15) is 6.04 Å². The van der Waals surface area contributed by atoms with Crippen LogP contribution in [0.1, 0.15) is 40.5 Å². The molecule has 4 heteroatoms. The van der Waals surface area contributed by atoms with Crippen molar-refractivity contribution in [2.45, 2.75) is 52.6 Å². The number of rotatable bonds is 9. The summed E-state index contributed by atoms with van der Waals surface area (Å²) in [5, 5.41) is 0. The Morgan fingerprint density at radius 2 is 1.94 bits per heavy atom. The normalized spacial score (nSPS) is 14.7. The van der Waals surface area contributed by atoms with Crippen LogP contribution in [-0.2, 0) is 14.3 Å². The number of nitrogens with zero attached hydrogens (tertiary/aromatic N) is 1. The van der Waals surface area contributed by atoms with E-state index in [9.17, 15) is 4.79 Å². The quantitative estimate of drug-likeness (QED) is 0.583. The number of carbonyl (C=O) groups is 1. The number of likely N-dealkylation sites (N-methyl/N-ethyl adjacent to an activating group) is 1. The molecule has 0 heterocycles. The van der Waals surface area contributed by atoms with E-state index in [-0.39, 0.29) is 18.1 Å². The highest BCUT2D eigenvalue weighted by Crippen LogP contribution is 2.13. The van der Waals surface area contributed by atoms with Gasteiger partial charge in [-0.05, 0) is 26.8 Å². The largest absolute Gasteiger partial charge is 0.465 e. The Morgan fingerprint density at radius 1 is 1.29 bits per heavy atom. The minimum Gasteiger partial charge on any atom is -0.465 e. The van der Waals surface area contributed by atoms with Gasteiger partial charge in [-0.1, -0.05) is 20.3 Å². The van der Waals surface area contributed by atoms with Gasteiger partial charge in [-0.2, -0.15) is 0 Å². The fourth-order valence-corrected chi connectivity index (χ4v) is 2.11. The van der Waals surface area contributed by atoms with E-state index in [1.165, 1.54) is 0 Å². The molecular formula is C13H27NO3. The van der Waals surface area contributed by atoms with E-state index >= 15 is 0 Å². The number of methoxy groups -OCH3 is 1. The van der Waals surface area contributed by atoms with E-state index in [0.717, 1.165) is 19.4 Å². The molecule has 0 rings (SSSR count). The summed E-state index contributed by atoms with van der Waals surface area (Å²) in [7, 11) is 1.68. The molecule has 17 heavy (non-hydrogen) atoms. The summed E-state index contributed by atoms with van der Waals surface area (Å²) in [4.78, 5) is 14.1. The highest BCUT2D eigenvalue weighted by Gasteiger charge is 2.28. The van der Waals surface area contributed by atoms with Crippen molar-refractivity contribution in [3.8, 4) is 0 Å². The van der Waals surface area contributed by atoms with Gasteiger partial charge in [-0.15, -0.1) is 0 Å². The lowest BCUT2D eigenvalue weighted by atomic mass is 10.1. The molecule has 0 fully saturated rings. The van der Waals surface area contributed by atoms with Gasteiger partial charge in [0.25, 0.3) is 0 Å². The standard InChI is InChI=1S/C13H27NO3/c1-6-9-12(13(15)17-8-3)14(7-2)11(4)10-16-5/h11-12H,6-10H2,1-5H3. The van der Waals surface area contributed by atoms with Crippen molar-refractivity contribution in [2.75, 3.05) is 26.9 Å². The minimum atomic E-state index is -0.143. The molecule has 0 aromatic carbocycles. The third-order valence-electron chi connectivity index (χ3n) is 2.86. The molecule has 0 saturated carbocycles. The molecular weight excluding hydrogens is 218 g/mol. The summed E-state index contributed by atoms with van der Waals surface area (Å²) in [5.41, 5.74) is 0. The fraction of sp³-hybridized carbons (Fsp3) is 0.923. The van der Waals surface area contributed by atoms with Gasteiger partial charge >= 0.3 is 5.97 Å². The van der Waals surface area contributed by atoms with Gasteiger partial charge in [0, 0.05) is 13.2 Å². The predicted molar refractivity (Wildman–Crippen MR) is 69.0 cm³/mol. The molecule has 102 valence electrons. The summed E-state index contributed by atoms with van der Waals surface area (Å²) >= 11 is 0. The number of carbonyl (C=O) groups excluding carboxylic acids is 1. The Kier molecular flexibility index (Phi) is 9.09. The molecule has 2 atom stereocenters. The van der Waals surface area contributed by atoms with Crippen LogP contribution in [0, 0.1) is 0 Å². The van der Waals surface area contributed by atoms with E-state index in [1.54, 1.807) is 7.11 Å². The Labute approximate surface area is 105 Å². The molecule has 2 unspecified atom stereocenters. The monoisotopic (exact) mass is 245 g/mol. The van der Waals surface area contributed by atoms with Gasteiger partial charge in [0.05, 0.1) is 13.2 Å². The van der Waals surface area contributed by atoms with Gasteiger partial charge < -0.3 is 9.47 Å². The van der Waals surface area contributed by atoms with Crippen molar-refractivity contribution in [1.29, 1.82) is 0 Å². The van der Waals surface area contributed by atoms with Crippen molar-refractivity contribution in [1.82, 2.24) is 4.90 Å². The average Bonchev–Trinajstić information content (AvgIpc) is 2.29. The van der Waals surface area contributed by atoms with Crippen LogP contribution in [0.25, 0.3) is 0 Å². The first kappa shape index (κ1) is 16.4. The van der Waals surface area contributed by atoms with Crippen molar-refractivity contribution < 1.29 is 14.3 Å². The SMILES string of the molecule is CCCC(C(=O)OCC)N(CC)C(C)COC. The van der Waals surface area contributed by atoms with Crippen LogP contribution in [-0.4, -0.2) is 49.8 Å². The summed E-state index contributed by atoms with van der Waals surface area (Å²) in [6.07, 6.45) is 1.81. The smallest absolute Gasteiger partial charge is 0.323 e. The van der Waals surface area contributed by atoms with Crippen LogP contribution in [0.4, 0.5) is 0 Å². The molecule has 4 nitrogen and oxygen atoms in total. The first-order valence-corrected chi connectivity index (χ1v) is 6.53. The van der Waals surface area contributed by atoms with Crippen LogP contribution in [0.2, 0.25) is 0 Å². The zero-order valence-electron chi connectivity index (χ0n) is 11.9. The van der Waals surface area contributed by atoms with Crippen molar-refractivity contribution >= 4 is 5.97 Å². The molecule has 0 radical (unpaired) electrons. The molecule has 0 N–H and O–H groups in total. The maximum atomic E-state index is 11.9. The molecule has 0 aromatic heterocycles. The van der Waals surface area contributed by atoms with E-state index in [2.05, 4.69) is 25.7 Å². The Balaban J connectivity index is 4.66. The van der Waals surface area contributed by atoms with Gasteiger partial charge in [-0.3, -0.25) is 9.69 Å². The van der Waals surface area contributed by atoms with E-state index in [4.69, 9.17) is 9.47 Å². The maximum absolute atomic E-state index is 11.9. The van der Waals surface area contributed by atoms with Gasteiger partial charge in [0.2, 0.25) is 0 Å². The topological polar surface area (TPSA) is 38.8 Å². The molecule has 0 spiro atoms. The molecule has 0 amide bonds. The number of esters is 1. The number of hydrogen-bond acceptors (Lipinski definition) is 4. The van der Waals surface area contributed by atoms with E-state index in [0.29, 0.717) is 13.2 Å². The molecule has 0 aliphatic carbocycles. The third kappa shape index (κ3) is 5.50. The maximum Gasteiger partial charge on any atom is 0.323 e. The highest BCUT2D eigenvalue weighted by molar-refractivity contribution is 5.75. The lowest BCUT2D eigenvalue weighted by molar-refractivity contribution is -0.151. The van der Waals surface area contributed by atoms with Crippen LogP contribution in [0.15, 0.2) is 0 Å². The lowest BCUT2D eigenvalue weighted by Gasteiger charge is -2.33. The Bertz CT molecular complexity index is 209. The van der Waals surface area contributed by atoms with Crippen molar-refractivity contribution in [3.63, 3.8) is 0 Å². The second kappa shape index (κ2) is 9.42. The van der Waals surface area contributed by atoms with Crippen molar-refractivity contribution in [3.05, 3.63) is 0 Å². The van der Waals surface area contributed by atoms with Gasteiger partial charge in [-0.25, -0.2) is 0 Å². The molecule has 0 bridgehead atoms. The lowest BCUT2D eigenvalue weighted by Crippen LogP contribution is -2.48. The molecule has 0 aliphatic rings. The summed E-state index contributed by atoms with van der Waals surface area (Å²) < 4.78 is 10.3. The predicted octanol–water partition coefficient (Wildman–Crippen LogP) is 2.08. The zero-order valence-corrected chi connectivity index (χ0v) is 11.9. The second-order valence-corrected chi connectivity index (χ2v) is 4.19. The van der Waals surface area contributed by atoms with E-state index in [1.807, 2.05) is 6.92 Å². The Hall–Kier alpha value is -0.610. The molecule has 0 saturated heterocycles. The first-order valence-electron chi connectivity index (χ1n) is 6.53. The molecule has 0 aliphatic heterocycles. The van der Waals surface area contributed by atoms with Gasteiger partial charge in [0.15, 0.2) is 0 Å². The zero-order chi connectivity index (χ0) is 13.3. The number of ether oxygens (including phenoxy) is 2.